The molecule has 50 heavy (non-hydrogen) atoms. The van der Waals surface area contributed by atoms with E-state index in [-0.39, 0.29) is 29.6 Å². The first-order valence-electron chi connectivity index (χ1n) is 16.7. The Balaban J connectivity index is 0.000000446. The fourth-order valence-corrected chi connectivity index (χ4v) is 5.71. The van der Waals surface area contributed by atoms with Crippen LogP contribution in [0.1, 0.15) is 90.5 Å². The lowest BCUT2D eigenvalue weighted by Gasteiger charge is -2.34. The van der Waals surface area contributed by atoms with Crippen LogP contribution in [0.3, 0.4) is 0 Å². The van der Waals surface area contributed by atoms with Gasteiger partial charge >= 0.3 is 0 Å². The number of carbonyl (C=O) groups is 2. The maximum Gasteiger partial charge on any atom is 0.211 e. The summed E-state index contributed by atoms with van der Waals surface area (Å²) >= 11 is 12.1. The third-order valence-corrected chi connectivity index (χ3v) is 8.19. The van der Waals surface area contributed by atoms with Gasteiger partial charge in [0.05, 0.1) is 29.4 Å². The number of aliphatic hydroxyl groups excluding tert-OH is 1. The quantitative estimate of drug-likeness (QED) is 0.151. The highest BCUT2D eigenvalue weighted by molar-refractivity contribution is 6.31. The van der Waals surface area contributed by atoms with Crippen LogP contribution in [-0.4, -0.2) is 59.8 Å². The molecule has 8 nitrogen and oxygen atoms in total. The van der Waals surface area contributed by atoms with Crippen molar-refractivity contribution < 1.29 is 28.6 Å². The smallest absolute Gasteiger partial charge is 0.211 e. The number of aliphatic hydroxyl groups is 1. The first-order chi connectivity index (χ1) is 23.3. The second kappa shape index (κ2) is 19.6. The van der Waals surface area contributed by atoms with Gasteiger partial charge in [0.15, 0.2) is 5.79 Å². The second-order valence-corrected chi connectivity index (χ2v) is 15.6. The average molecular weight is 735 g/mol. The lowest BCUT2D eigenvalue weighted by Crippen LogP contribution is -2.42. The Bertz CT molecular complexity index is 1500. The Kier molecular flexibility index (Phi) is 17.0. The van der Waals surface area contributed by atoms with E-state index in [2.05, 4.69) is 33.0 Å². The number of ether oxygens (including phenoxy) is 2. The molecule has 1 amide bonds. The van der Waals surface area contributed by atoms with Crippen molar-refractivity contribution in [3.8, 4) is 0 Å². The van der Waals surface area contributed by atoms with E-state index in [0.717, 1.165) is 18.3 Å². The molecule has 1 aliphatic rings. The summed E-state index contributed by atoms with van der Waals surface area (Å²) in [5.74, 6) is -1.37. The minimum atomic E-state index is -0.908. The van der Waals surface area contributed by atoms with E-state index in [1.807, 2.05) is 52.0 Å². The van der Waals surface area contributed by atoms with Crippen LogP contribution in [0.2, 0.25) is 10.0 Å². The summed E-state index contributed by atoms with van der Waals surface area (Å²) in [6.07, 6.45) is 1.23. The standard InChI is InChI=1S/C26H25Cl2FN2O3.C8H17NO2.C5H12/c1-17(19-8-5-9-21(27)10-19)25(15-32)31(14-26(34)18-6-3-2-4-7-18)13-20-11-23(29)22(28)12-24(20)30-16-33;1-7(2)10-6-8(3,11-7)4-5-9;1-5(2,3)4/h2-12,15-17,25-26,34H,13-14H2,1H3,(H,30,33);4-6,9H2,1-3H3;1-4H3/t17?,25-,26?;;/m0../s1. The molecule has 0 saturated carbocycles. The van der Waals surface area contributed by atoms with Gasteiger partial charge in [-0.25, -0.2) is 4.39 Å². The zero-order valence-electron chi connectivity index (χ0n) is 30.5. The van der Waals surface area contributed by atoms with Gasteiger partial charge in [-0.2, -0.15) is 0 Å². The maximum absolute atomic E-state index is 14.3. The molecule has 0 spiro atoms. The van der Waals surface area contributed by atoms with Gasteiger partial charge in [-0.15, -0.1) is 0 Å². The summed E-state index contributed by atoms with van der Waals surface area (Å²) in [6, 6.07) is 18.1. The number of nitrogens with one attached hydrogen (secondary N) is 1. The fraction of sp³-hybridized carbons (Fsp3) is 0.487. The molecule has 1 aliphatic heterocycles. The molecule has 1 saturated heterocycles. The SMILES string of the molecule is CC(C)(C)C.CC(c1cccc(Cl)c1)[C@H](C=O)N(Cc1cc(F)c(Cl)cc1NC=O)CC(O)c1ccccc1.CC1(CCN)COC(C)(C)O1. The van der Waals surface area contributed by atoms with Gasteiger partial charge in [-0.1, -0.05) is 100 Å². The number of amides is 1. The van der Waals surface area contributed by atoms with Crippen LogP contribution >= 0.6 is 23.2 Å². The van der Waals surface area contributed by atoms with Crippen molar-refractivity contribution in [2.75, 3.05) is 25.0 Å². The molecule has 276 valence electrons. The maximum atomic E-state index is 14.3. The van der Waals surface area contributed by atoms with Crippen LogP contribution in [-0.2, 0) is 25.6 Å². The molecule has 3 unspecified atom stereocenters. The molecular formula is C39H54Cl2FN3O5. The Morgan fingerprint density at radius 3 is 2.16 bits per heavy atom. The largest absolute Gasteiger partial charge is 0.387 e. The van der Waals surface area contributed by atoms with Crippen molar-refractivity contribution in [2.45, 2.75) is 97.8 Å². The number of nitrogens with zero attached hydrogens (tertiary/aromatic N) is 1. The second-order valence-electron chi connectivity index (χ2n) is 14.8. The Morgan fingerprint density at radius 1 is 1.02 bits per heavy atom. The number of aldehydes is 1. The first-order valence-corrected chi connectivity index (χ1v) is 17.5. The van der Waals surface area contributed by atoms with Gasteiger partial charge in [-0.05, 0) is 80.1 Å². The third-order valence-electron chi connectivity index (χ3n) is 7.66. The van der Waals surface area contributed by atoms with E-state index in [1.165, 1.54) is 12.1 Å². The molecule has 4 rings (SSSR count). The predicted octanol–water partition coefficient (Wildman–Crippen LogP) is 8.54. The van der Waals surface area contributed by atoms with Crippen LogP contribution in [0.15, 0.2) is 66.7 Å². The fourth-order valence-electron chi connectivity index (χ4n) is 5.34. The van der Waals surface area contributed by atoms with Crippen molar-refractivity contribution in [3.05, 3.63) is 99.3 Å². The normalized spacial score (nSPS) is 18.5. The zero-order valence-corrected chi connectivity index (χ0v) is 32.0. The third kappa shape index (κ3) is 14.8. The number of hydrogen-bond acceptors (Lipinski definition) is 7. The van der Waals surface area contributed by atoms with Gasteiger partial charge in [-0.3, -0.25) is 9.69 Å². The number of carbonyl (C=O) groups excluding carboxylic acids is 2. The minimum absolute atomic E-state index is 0.0719. The minimum Gasteiger partial charge on any atom is -0.387 e. The monoisotopic (exact) mass is 733 g/mol. The molecule has 3 aromatic carbocycles. The van der Waals surface area contributed by atoms with E-state index < -0.39 is 23.8 Å². The molecule has 11 heteroatoms. The summed E-state index contributed by atoms with van der Waals surface area (Å²) < 4.78 is 25.4. The van der Waals surface area contributed by atoms with Gasteiger partial charge in [0.1, 0.15) is 12.1 Å². The molecule has 0 radical (unpaired) electrons. The Morgan fingerprint density at radius 2 is 1.64 bits per heavy atom. The molecule has 0 aromatic heterocycles. The van der Waals surface area contributed by atoms with E-state index in [9.17, 15) is 19.1 Å². The molecule has 1 heterocycles. The molecule has 3 aromatic rings. The molecular weight excluding hydrogens is 680 g/mol. The van der Waals surface area contributed by atoms with Gasteiger partial charge < -0.3 is 30.4 Å². The molecule has 0 bridgehead atoms. The highest BCUT2D eigenvalue weighted by Gasteiger charge is 2.41. The summed E-state index contributed by atoms with van der Waals surface area (Å²) in [5, 5.41) is 13.9. The molecule has 1 fully saturated rings. The summed E-state index contributed by atoms with van der Waals surface area (Å²) in [7, 11) is 0. The number of rotatable bonds is 13. The topological polar surface area (TPSA) is 114 Å². The number of hydrogen-bond donors (Lipinski definition) is 3. The van der Waals surface area contributed by atoms with Crippen LogP contribution in [0, 0.1) is 11.2 Å². The van der Waals surface area contributed by atoms with Crippen LogP contribution in [0.25, 0.3) is 0 Å². The summed E-state index contributed by atoms with van der Waals surface area (Å²) in [5.41, 5.74) is 8.04. The predicted molar refractivity (Wildman–Crippen MR) is 201 cm³/mol. The van der Waals surface area contributed by atoms with Crippen molar-refractivity contribution in [1.29, 1.82) is 0 Å². The van der Waals surface area contributed by atoms with E-state index in [1.54, 1.807) is 35.2 Å². The van der Waals surface area contributed by atoms with Crippen molar-refractivity contribution in [1.82, 2.24) is 4.90 Å². The van der Waals surface area contributed by atoms with Crippen molar-refractivity contribution in [3.63, 3.8) is 0 Å². The summed E-state index contributed by atoms with van der Waals surface area (Å²) in [6.45, 7) is 18.0. The Labute approximate surface area is 307 Å². The molecule has 4 N–H and O–H groups in total. The zero-order chi connectivity index (χ0) is 37.7. The van der Waals surface area contributed by atoms with Crippen molar-refractivity contribution in [2.24, 2.45) is 11.1 Å². The van der Waals surface area contributed by atoms with E-state index >= 15 is 0 Å². The molecule has 0 aliphatic carbocycles. The van der Waals surface area contributed by atoms with Crippen LogP contribution in [0.4, 0.5) is 10.1 Å². The van der Waals surface area contributed by atoms with Crippen LogP contribution in [0.5, 0.6) is 0 Å². The molecule has 4 atom stereocenters. The van der Waals surface area contributed by atoms with Gasteiger partial charge in [0, 0.05) is 29.7 Å². The number of benzene rings is 3. The number of anilines is 1. The van der Waals surface area contributed by atoms with Crippen LogP contribution < -0.4 is 11.1 Å². The van der Waals surface area contributed by atoms with Gasteiger partial charge in [0.25, 0.3) is 0 Å². The highest BCUT2D eigenvalue weighted by Crippen LogP contribution is 2.33. The number of nitrogens with two attached hydrogens (primary N) is 1. The van der Waals surface area contributed by atoms with Crippen molar-refractivity contribution >= 4 is 41.6 Å². The van der Waals surface area contributed by atoms with E-state index in [4.69, 9.17) is 38.4 Å². The first kappa shape index (κ1) is 43.3. The lowest BCUT2D eigenvalue weighted by molar-refractivity contribution is -0.158. The lowest BCUT2D eigenvalue weighted by atomic mass is 9.92. The average Bonchev–Trinajstić information content (AvgIpc) is 3.31. The highest BCUT2D eigenvalue weighted by atomic mass is 35.5. The van der Waals surface area contributed by atoms with E-state index in [0.29, 0.717) is 46.8 Å². The summed E-state index contributed by atoms with van der Waals surface area (Å²) in [4.78, 5) is 25.2. The van der Waals surface area contributed by atoms with Gasteiger partial charge in [0.2, 0.25) is 6.41 Å². The number of halogens is 3. The Hall–Kier alpha value is -2.89.